The number of pyridine rings is 1. The number of hydrogen-bond acceptors (Lipinski definition) is 3. The lowest BCUT2D eigenvalue weighted by Gasteiger charge is -2.21. The quantitative estimate of drug-likeness (QED) is 0.828. The van der Waals surface area contributed by atoms with Crippen molar-refractivity contribution in [2.75, 3.05) is 18.0 Å². The van der Waals surface area contributed by atoms with Gasteiger partial charge in [-0.1, -0.05) is 13.8 Å². The maximum Gasteiger partial charge on any atom is 0.129 e. The van der Waals surface area contributed by atoms with Crippen LogP contribution in [0.5, 0.6) is 0 Å². The van der Waals surface area contributed by atoms with E-state index in [0.29, 0.717) is 12.0 Å². The van der Waals surface area contributed by atoms with Gasteiger partial charge in [-0.2, -0.15) is 0 Å². The highest BCUT2D eigenvalue weighted by Crippen LogP contribution is 2.31. The molecule has 1 fully saturated rings. The van der Waals surface area contributed by atoms with Crippen LogP contribution in [-0.2, 0) is 6.54 Å². The van der Waals surface area contributed by atoms with E-state index in [0.717, 1.165) is 24.6 Å². The van der Waals surface area contributed by atoms with Crippen molar-refractivity contribution in [1.82, 2.24) is 4.98 Å². The minimum atomic E-state index is 0.411. The van der Waals surface area contributed by atoms with Crippen LogP contribution >= 0.6 is 0 Å². The van der Waals surface area contributed by atoms with Gasteiger partial charge in [-0.25, -0.2) is 4.98 Å². The van der Waals surface area contributed by atoms with Crippen molar-refractivity contribution in [2.24, 2.45) is 11.1 Å². The Bertz CT molecular complexity index is 385. The van der Waals surface area contributed by atoms with Crippen molar-refractivity contribution < 1.29 is 0 Å². The zero-order valence-electron chi connectivity index (χ0n) is 10.5. The van der Waals surface area contributed by atoms with Crippen molar-refractivity contribution >= 4 is 5.82 Å². The van der Waals surface area contributed by atoms with Crippen LogP contribution in [0.2, 0.25) is 0 Å². The van der Waals surface area contributed by atoms with Gasteiger partial charge in [0.05, 0.1) is 0 Å². The molecule has 0 atom stereocenters. The van der Waals surface area contributed by atoms with E-state index in [-0.39, 0.29) is 0 Å². The number of aromatic nitrogens is 1. The third-order valence-corrected chi connectivity index (χ3v) is 3.24. The molecular weight excluding hydrogens is 198 g/mol. The van der Waals surface area contributed by atoms with Crippen LogP contribution in [0.4, 0.5) is 5.82 Å². The molecule has 16 heavy (non-hydrogen) atoms. The minimum Gasteiger partial charge on any atom is -0.356 e. The molecule has 1 aliphatic heterocycles. The van der Waals surface area contributed by atoms with Gasteiger partial charge >= 0.3 is 0 Å². The van der Waals surface area contributed by atoms with Gasteiger partial charge in [0.25, 0.3) is 0 Å². The van der Waals surface area contributed by atoms with Crippen LogP contribution in [0.15, 0.2) is 12.1 Å². The summed E-state index contributed by atoms with van der Waals surface area (Å²) < 4.78 is 0. The van der Waals surface area contributed by atoms with Gasteiger partial charge in [0.2, 0.25) is 0 Å². The Hall–Kier alpha value is -1.09. The molecule has 0 aliphatic carbocycles. The molecule has 0 amide bonds. The van der Waals surface area contributed by atoms with E-state index in [9.17, 15) is 0 Å². The van der Waals surface area contributed by atoms with Crippen molar-refractivity contribution in [3.05, 3.63) is 23.4 Å². The summed E-state index contributed by atoms with van der Waals surface area (Å²) >= 11 is 0. The maximum atomic E-state index is 5.69. The van der Waals surface area contributed by atoms with Crippen LogP contribution in [0.3, 0.4) is 0 Å². The number of nitrogens with two attached hydrogens (primary N) is 1. The monoisotopic (exact) mass is 219 g/mol. The Kier molecular flexibility index (Phi) is 2.89. The number of aryl methyl sites for hydroxylation is 1. The molecule has 1 saturated heterocycles. The van der Waals surface area contributed by atoms with Crippen LogP contribution in [-0.4, -0.2) is 18.1 Å². The first-order chi connectivity index (χ1) is 7.50. The molecule has 0 aromatic carbocycles. The molecule has 0 spiro atoms. The number of hydrogen-bond donors (Lipinski definition) is 1. The van der Waals surface area contributed by atoms with Gasteiger partial charge in [-0.15, -0.1) is 0 Å². The predicted molar refractivity (Wildman–Crippen MR) is 67.5 cm³/mol. The molecule has 3 heteroatoms. The average Bonchev–Trinajstić information content (AvgIpc) is 2.58. The zero-order valence-corrected chi connectivity index (χ0v) is 10.5. The summed E-state index contributed by atoms with van der Waals surface area (Å²) in [5, 5.41) is 0. The smallest absolute Gasteiger partial charge is 0.129 e. The van der Waals surface area contributed by atoms with Gasteiger partial charge in [-0.05, 0) is 36.5 Å². The van der Waals surface area contributed by atoms with Crippen LogP contribution in [0, 0.1) is 12.3 Å². The largest absolute Gasteiger partial charge is 0.356 e. The molecular formula is C13H21N3. The number of anilines is 1. The Labute approximate surface area is 97.7 Å². The first kappa shape index (κ1) is 11.4. The third-order valence-electron chi connectivity index (χ3n) is 3.24. The van der Waals surface area contributed by atoms with Crippen LogP contribution in [0.25, 0.3) is 0 Å². The predicted octanol–water partition coefficient (Wildman–Crippen LogP) is 2.09. The van der Waals surface area contributed by atoms with Crippen LogP contribution in [0.1, 0.15) is 31.5 Å². The molecule has 1 aromatic rings. The third kappa shape index (κ3) is 2.35. The van der Waals surface area contributed by atoms with Crippen LogP contribution < -0.4 is 10.6 Å². The highest BCUT2D eigenvalue weighted by molar-refractivity contribution is 5.44. The molecule has 0 saturated carbocycles. The summed E-state index contributed by atoms with van der Waals surface area (Å²) in [6.45, 7) is 9.44. The molecule has 0 unspecified atom stereocenters. The van der Waals surface area contributed by atoms with Gasteiger partial charge in [-0.3, -0.25) is 0 Å². The van der Waals surface area contributed by atoms with E-state index in [1.54, 1.807) is 0 Å². The fourth-order valence-corrected chi connectivity index (χ4v) is 2.31. The second-order valence-electron chi connectivity index (χ2n) is 5.51. The fraction of sp³-hybridized carbons (Fsp3) is 0.615. The molecule has 2 N–H and O–H groups in total. The van der Waals surface area contributed by atoms with E-state index in [1.165, 1.54) is 12.0 Å². The first-order valence-corrected chi connectivity index (χ1v) is 5.93. The van der Waals surface area contributed by atoms with E-state index in [2.05, 4.69) is 35.9 Å². The molecule has 2 rings (SSSR count). The molecule has 3 nitrogen and oxygen atoms in total. The fourth-order valence-electron chi connectivity index (χ4n) is 2.31. The maximum absolute atomic E-state index is 5.69. The van der Waals surface area contributed by atoms with E-state index >= 15 is 0 Å². The Morgan fingerprint density at radius 2 is 2.19 bits per heavy atom. The molecule has 0 radical (unpaired) electrons. The molecule has 0 bridgehead atoms. The Morgan fingerprint density at radius 1 is 1.44 bits per heavy atom. The van der Waals surface area contributed by atoms with Gasteiger partial charge in [0.1, 0.15) is 5.82 Å². The minimum absolute atomic E-state index is 0.411. The summed E-state index contributed by atoms with van der Waals surface area (Å²) in [6, 6.07) is 4.18. The summed E-state index contributed by atoms with van der Waals surface area (Å²) in [5.74, 6) is 1.09. The van der Waals surface area contributed by atoms with E-state index < -0.39 is 0 Å². The summed E-state index contributed by atoms with van der Waals surface area (Å²) in [4.78, 5) is 6.97. The number of rotatable bonds is 2. The lowest BCUT2D eigenvalue weighted by atomic mass is 9.93. The topological polar surface area (TPSA) is 42.1 Å². The summed E-state index contributed by atoms with van der Waals surface area (Å²) in [7, 11) is 0. The molecule has 88 valence electrons. The van der Waals surface area contributed by atoms with Gasteiger partial charge < -0.3 is 10.6 Å². The molecule has 1 aliphatic rings. The van der Waals surface area contributed by atoms with Crippen molar-refractivity contribution in [3.8, 4) is 0 Å². The Morgan fingerprint density at radius 3 is 2.75 bits per heavy atom. The number of nitrogens with zero attached hydrogens (tertiary/aromatic N) is 2. The summed E-state index contributed by atoms with van der Waals surface area (Å²) in [6.07, 6.45) is 1.24. The van der Waals surface area contributed by atoms with Crippen molar-refractivity contribution in [3.63, 3.8) is 0 Å². The Balaban J connectivity index is 2.24. The lowest BCUT2D eigenvalue weighted by Crippen LogP contribution is -2.24. The SMILES string of the molecule is Cc1cc(CN)cc(N2CCC(C)(C)C2)n1. The summed E-state index contributed by atoms with van der Waals surface area (Å²) in [5.41, 5.74) is 8.34. The molecule has 1 aromatic heterocycles. The normalized spacial score (nSPS) is 19.1. The van der Waals surface area contributed by atoms with E-state index in [1.807, 2.05) is 6.92 Å². The standard InChI is InChI=1S/C13H21N3/c1-10-6-11(8-14)7-12(15-10)16-5-4-13(2,3)9-16/h6-7H,4-5,8-9,14H2,1-3H3. The van der Waals surface area contributed by atoms with Gasteiger partial charge in [0, 0.05) is 25.3 Å². The van der Waals surface area contributed by atoms with Crippen molar-refractivity contribution in [1.29, 1.82) is 0 Å². The van der Waals surface area contributed by atoms with Gasteiger partial charge in [0.15, 0.2) is 0 Å². The van der Waals surface area contributed by atoms with E-state index in [4.69, 9.17) is 5.73 Å². The highest BCUT2D eigenvalue weighted by atomic mass is 15.2. The zero-order chi connectivity index (χ0) is 11.8. The highest BCUT2D eigenvalue weighted by Gasteiger charge is 2.29. The second kappa shape index (κ2) is 4.06. The second-order valence-corrected chi connectivity index (χ2v) is 5.51. The van der Waals surface area contributed by atoms with Crippen molar-refractivity contribution in [2.45, 2.75) is 33.7 Å². The first-order valence-electron chi connectivity index (χ1n) is 5.93. The molecule has 2 heterocycles. The lowest BCUT2D eigenvalue weighted by molar-refractivity contribution is 0.418. The average molecular weight is 219 g/mol.